The molecule has 6 rings (SSSR count). The quantitative estimate of drug-likeness (QED) is 0.278. The fraction of sp³-hybridized carbons (Fsp3) is 0.321. The van der Waals surface area contributed by atoms with E-state index in [1.165, 1.54) is 11.0 Å². The number of ether oxygens (including phenoxy) is 2. The molecular formula is C28H28N8O4. The standard InChI is InChI=1S/C28H28N8O4/c1-18(17-40-25-8-4-5-13-39-25)35-12-11-20-15-30-27(32-28(20)35)26(38)19-9-10-23(29-14-19)31-24(37)16-36-33-21-6-2-3-7-22(21)34-36/h2-3,6-7,9-12,14-15,18,25H,4-5,8,13,16-17H2,1H3,(H,29,31,37)/t18-,25?/m0/s1. The highest BCUT2D eigenvalue weighted by molar-refractivity contribution is 6.07. The average Bonchev–Trinajstić information content (AvgIpc) is 3.59. The van der Waals surface area contributed by atoms with Crippen molar-refractivity contribution >= 4 is 39.6 Å². The molecule has 12 nitrogen and oxygen atoms in total. The number of hydrogen-bond donors (Lipinski definition) is 1. The van der Waals surface area contributed by atoms with Gasteiger partial charge in [0.05, 0.1) is 12.6 Å². The molecule has 4 aromatic heterocycles. The highest BCUT2D eigenvalue weighted by Crippen LogP contribution is 2.21. The van der Waals surface area contributed by atoms with Gasteiger partial charge in [-0.2, -0.15) is 15.0 Å². The van der Waals surface area contributed by atoms with Crippen molar-refractivity contribution in [3.8, 4) is 0 Å². The summed E-state index contributed by atoms with van der Waals surface area (Å²) in [5, 5.41) is 12.1. The van der Waals surface area contributed by atoms with Gasteiger partial charge in [-0.3, -0.25) is 9.59 Å². The first-order valence-electron chi connectivity index (χ1n) is 13.2. The van der Waals surface area contributed by atoms with Gasteiger partial charge in [-0.1, -0.05) is 12.1 Å². The monoisotopic (exact) mass is 540 g/mol. The highest BCUT2D eigenvalue weighted by Gasteiger charge is 2.19. The van der Waals surface area contributed by atoms with Crippen LogP contribution in [0.2, 0.25) is 0 Å². The number of carbonyl (C=O) groups is 2. The van der Waals surface area contributed by atoms with Gasteiger partial charge in [-0.05, 0) is 56.5 Å². The normalized spacial score (nSPS) is 16.3. The van der Waals surface area contributed by atoms with E-state index in [0.29, 0.717) is 34.7 Å². The molecule has 1 amide bonds. The van der Waals surface area contributed by atoms with E-state index in [4.69, 9.17) is 9.47 Å². The van der Waals surface area contributed by atoms with Crippen molar-refractivity contribution in [1.82, 2.24) is 34.5 Å². The first-order valence-corrected chi connectivity index (χ1v) is 13.2. The van der Waals surface area contributed by atoms with Crippen molar-refractivity contribution < 1.29 is 19.1 Å². The van der Waals surface area contributed by atoms with Gasteiger partial charge in [0.25, 0.3) is 0 Å². The molecule has 0 aliphatic carbocycles. The molecule has 1 N–H and O–H groups in total. The number of fused-ring (bicyclic) bond motifs is 2. The number of ketones is 1. The Bertz CT molecular complexity index is 1620. The Morgan fingerprint density at radius 2 is 1.90 bits per heavy atom. The molecule has 0 saturated carbocycles. The lowest BCUT2D eigenvalue weighted by Gasteiger charge is -2.24. The maximum atomic E-state index is 13.2. The fourth-order valence-corrected chi connectivity index (χ4v) is 4.59. The minimum absolute atomic E-state index is 0.0132. The summed E-state index contributed by atoms with van der Waals surface area (Å²) >= 11 is 0. The fourth-order valence-electron chi connectivity index (χ4n) is 4.59. The van der Waals surface area contributed by atoms with Gasteiger partial charge in [-0.15, -0.1) is 0 Å². The van der Waals surface area contributed by atoms with Crippen molar-refractivity contribution in [1.29, 1.82) is 0 Å². The number of nitrogens with zero attached hydrogens (tertiary/aromatic N) is 7. The number of rotatable bonds is 9. The van der Waals surface area contributed by atoms with E-state index in [1.807, 2.05) is 48.0 Å². The number of benzene rings is 1. The third kappa shape index (κ3) is 5.58. The zero-order valence-electron chi connectivity index (χ0n) is 21.9. The number of hydrogen-bond acceptors (Lipinski definition) is 9. The molecule has 1 aliphatic rings. The summed E-state index contributed by atoms with van der Waals surface area (Å²) in [5.41, 5.74) is 2.37. The van der Waals surface area contributed by atoms with E-state index < -0.39 is 0 Å². The molecule has 2 atom stereocenters. The van der Waals surface area contributed by atoms with E-state index in [-0.39, 0.29) is 36.4 Å². The molecule has 1 unspecified atom stereocenters. The predicted octanol–water partition coefficient (Wildman–Crippen LogP) is 3.54. The summed E-state index contributed by atoms with van der Waals surface area (Å²) in [6, 6.07) is 12.4. The summed E-state index contributed by atoms with van der Waals surface area (Å²) in [6.45, 7) is 3.16. The molecule has 5 heterocycles. The summed E-state index contributed by atoms with van der Waals surface area (Å²) in [7, 11) is 0. The van der Waals surface area contributed by atoms with Crippen LogP contribution in [0.3, 0.4) is 0 Å². The zero-order valence-corrected chi connectivity index (χ0v) is 21.9. The Hall–Kier alpha value is -4.55. The minimum Gasteiger partial charge on any atom is -0.353 e. The molecule has 0 spiro atoms. The van der Waals surface area contributed by atoms with E-state index >= 15 is 0 Å². The largest absolute Gasteiger partial charge is 0.353 e. The van der Waals surface area contributed by atoms with Crippen LogP contribution in [-0.2, 0) is 20.8 Å². The van der Waals surface area contributed by atoms with Gasteiger partial charge in [0.1, 0.15) is 29.0 Å². The lowest BCUT2D eigenvalue weighted by atomic mass is 10.2. The van der Waals surface area contributed by atoms with Crippen LogP contribution in [0.25, 0.3) is 22.1 Å². The second-order valence-corrected chi connectivity index (χ2v) is 9.70. The first kappa shape index (κ1) is 25.7. The third-order valence-electron chi connectivity index (χ3n) is 6.70. The van der Waals surface area contributed by atoms with E-state index in [1.54, 1.807) is 18.3 Å². The van der Waals surface area contributed by atoms with E-state index in [2.05, 4.69) is 30.5 Å². The SMILES string of the molecule is C[C@@H](COC1CCCCO1)n1ccc2cnc(C(=O)c3ccc(NC(=O)Cn4nc5ccccc5n4)nc3)nc21. The topological polar surface area (TPSA) is 139 Å². The van der Waals surface area contributed by atoms with Crippen molar-refractivity contribution in [3.05, 3.63) is 72.4 Å². The van der Waals surface area contributed by atoms with Crippen LogP contribution >= 0.6 is 0 Å². The van der Waals surface area contributed by atoms with Gasteiger partial charge in [-0.25, -0.2) is 15.0 Å². The highest BCUT2D eigenvalue weighted by atomic mass is 16.7. The van der Waals surface area contributed by atoms with Gasteiger partial charge in [0, 0.05) is 36.1 Å². The Labute approximate surface area is 229 Å². The van der Waals surface area contributed by atoms with Gasteiger partial charge < -0.3 is 19.4 Å². The van der Waals surface area contributed by atoms with Crippen molar-refractivity contribution in [3.63, 3.8) is 0 Å². The first-order chi connectivity index (χ1) is 19.5. The van der Waals surface area contributed by atoms with Crippen LogP contribution in [0.4, 0.5) is 5.82 Å². The molecule has 1 fully saturated rings. The van der Waals surface area contributed by atoms with Crippen LogP contribution in [0.5, 0.6) is 0 Å². The molecule has 204 valence electrons. The Kier molecular flexibility index (Phi) is 7.25. The summed E-state index contributed by atoms with van der Waals surface area (Å²) < 4.78 is 13.6. The molecular weight excluding hydrogens is 512 g/mol. The number of anilines is 1. The molecule has 40 heavy (non-hydrogen) atoms. The van der Waals surface area contributed by atoms with E-state index in [9.17, 15) is 9.59 Å². The molecule has 1 saturated heterocycles. The van der Waals surface area contributed by atoms with Gasteiger partial charge >= 0.3 is 0 Å². The smallest absolute Gasteiger partial charge is 0.249 e. The zero-order chi connectivity index (χ0) is 27.5. The second kappa shape index (κ2) is 11.3. The molecule has 5 aromatic rings. The molecule has 1 aliphatic heterocycles. The van der Waals surface area contributed by atoms with Crippen LogP contribution in [0.15, 0.2) is 61.1 Å². The number of carbonyl (C=O) groups excluding carboxylic acids is 2. The van der Waals surface area contributed by atoms with Crippen LogP contribution in [-0.4, -0.2) is 65.7 Å². The number of amides is 1. The third-order valence-corrected chi connectivity index (χ3v) is 6.70. The molecule has 12 heteroatoms. The number of aromatic nitrogens is 7. The second-order valence-electron chi connectivity index (χ2n) is 9.70. The Balaban J connectivity index is 1.10. The predicted molar refractivity (Wildman–Crippen MR) is 146 cm³/mol. The maximum Gasteiger partial charge on any atom is 0.249 e. The lowest BCUT2D eigenvalue weighted by Crippen LogP contribution is -2.25. The van der Waals surface area contributed by atoms with Crippen molar-refractivity contribution in [2.75, 3.05) is 18.5 Å². The summed E-state index contributed by atoms with van der Waals surface area (Å²) in [4.78, 5) is 40.0. The Morgan fingerprint density at radius 1 is 1.07 bits per heavy atom. The summed E-state index contributed by atoms with van der Waals surface area (Å²) in [6.07, 6.45) is 7.85. The molecule has 0 radical (unpaired) electrons. The van der Waals surface area contributed by atoms with E-state index in [0.717, 1.165) is 31.3 Å². The molecule has 0 bridgehead atoms. The van der Waals surface area contributed by atoms with Crippen LogP contribution in [0.1, 0.15) is 48.4 Å². The minimum atomic E-state index is -0.369. The summed E-state index contributed by atoms with van der Waals surface area (Å²) in [5.74, 6) is -0.340. The average molecular weight is 541 g/mol. The number of pyridine rings is 1. The lowest BCUT2D eigenvalue weighted by molar-refractivity contribution is -0.166. The maximum absolute atomic E-state index is 13.2. The molecule has 1 aromatic carbocycles. The van der Waals surface area contributed by atoms with Crippen molar-refractivity contribution in [2.24, 2.45) is 0 Å². The van der Waals surface area contributed by atoms with Gasteiger partial charge in [0.2, 0.25) is 17.5 Å². The van der Waals surface area contributed by atoms with Crippen LogP contribution < -0.4 is 5.32 Å². The van der Waals surface area contributed by atoms with Crippen molar-refractivity contribution in [2.45, 2.75) is 45.1 Å². The van der Waals surface area contributed by atoms with Crippen LogP contribution in [0, 0.1) is 0 Å². The Morgan fingerprint density at radius 3 is 2.62 bits per heavy atom. The van der Waals surface area contributed by atoms with Gasteiger partial charge in [0.15, 0.2) is 6.29 Å². The number of nitrogens with one attached hydrogen (secondary N) is 1.